The lowest BCUT2D eigenvalue weighted by atomic mass is 10.1. The van der Waals surface area contributed by atoms with Crippen LogP contribution in [0.1, 0.15) is 11.1 Å². The van der Waals surface area contributed by atoms with E-state index in [1.165, 1.54) is 6.08 Å². The second-order valence-electron chi connectivity index (χ2n) is 4.50. The molecule has 1 N–H and O–H groups in total. The number of hydrogen-bond donors (Lipinski definition) is 1. The molecule has 0 aliphatic carbocycles. The molecule has 0 atom stereocenters. The van der Waals surface area contributed by atoms with Crippen LogP contribution in [0.25, 0.3) is 6.08 Å². The second-order valence-corrected chi connectivity index (χ2v) is 5.32. The van der Waals surface area contributed by atoms with Crippen molar-refractivity contribution in [3.63, 3.8) is 0 Å². The zero-order valence-corrected chi connectivity index (χ0v) is 13.3. The molecule has 0 aromatic heterocycles. The zero-order valence-electron chi connectivity index (χ0n) is 11.8. The predicted octanol–water partition coefficient (Wildman–Crippen LogP) is 4.56. The summed E-state index contributed by atoms with van der Waals surface area (Å²) in [4.78, 5) is 10.9. The number of carboxylic acid groups (broad SMARTS) is 1. The summed E-state index contributed by atoms with van der Waals surface area (Å²) < 4.78 is 5.69. The lowest BCUT2D eigenvalue weighted by Gasteiger charge is -2.11. The van der Waals surface area contributed by atoms with Crippen LogP contribution in [-0.2, 0) is 11.4 Å². The highest BCUT2D eigenvalue weighted by atomic mass is 35.5. The van der Waals surface area contributed by atoms with Gasteiger partial charge in [-0.15, -0.1) is 0 Å². The van der Waals surface area contributed by atoms with Crippen molar-refractivity contribution in [2.45, 2.75) is 6.61 Å². The van der Waals surface area contributed by atoms with E-state index in [0.717, 1.165) is 0 Å². The molecule has 0 unspecified atom stereocenters. The molecule has 116 valence electrons. The van der Waals surface area contributed by atoms with Gasteiger partial charge in [-0.05, 0) is 24.3 Å². The van der Waals surface area contributed by atoms with E-state index in [0.29, 0.717) is 26.9 Å². The Hall–Kier alpha value is -2.48. The van der Waals surface area contributed by atoms with E-state index in [9.17, 15) is 4.79 Å². The first-order valence-electron chi connectivity index (χ1n) is 6.52. The molecule has 0 aliphatic heterocycles. The third kappa shape index (κ3) is 4.26. The average Bonchev–Trinajstić information content (AvgIpc) is 2.53. The normalized spacial score (nSPS) is 10.9. The molecule has 23 heavy (non-hydrogen) atoms. The van der Waals surface area contributed by atoms with Crippen molar-refractivity contribution in [2.24, 2.45) is 0 Å². The monoisotopic (exact) mass is 347 g/mol. The molecule has 0 aliphatic rings. The fourth-order valence-corrected chi connectivity index (χ4v) is 2.36. The van der Waals surface area contributed by atoms with E-state index in [-0.39, 0.29) is 12.2 Å². The molecule has 0 fully saturated rings. The van der Waals surface area contributed by atoms with Crippen LogP contribution in [0.15, 0.2) is 48.0 Å². The molecule has 0 amide bonds. The van der Waals surface area contributed by atoms with Gasteiger partial charge in [0.1, 0.15) is 24.0 Å². The lowest BCUT2D eigenvalue weighted by molar-refractivity contribution is -0.132. The minimum atomic E-state index is -1.29. The number of carboxylic acids is 1. The zero-order chi connectivity index (χ0) is 16.8. The van der Waals surface area contributed by atoms with Crippen LogP contribution in [-0.4, -0.2) is 11.1 Å². The standard InChI is InChI=1S/C17H11Cl2NO3/c18-14-5-3-6-15(19)13(14)10-23-16-7-2-1-4-11(16)8-12(9-20)17(21)22/h1-8H,10H2,(H,21,22). The number of nitrogens with zero attached hydrogens (tertiary/aromatic N) is 1. The van der Waals surface area contributed by atoms with Crippen molar-refractivity contribution >= 4 is 35.2 Å². The fraction of sp³-hybridized carbons (Fsp3) is 0.0588. The van der Waals surface area contributed by atoms with E-state index in [1.54, 1.807) is 48.5 Å². The Morgan fingerprint density at radius 3 is 2.43 bits per heavy atom. The van der Waals surface area contributed by atoms with Gasteiger partial charge >= 0.3 is 5.97 Å². The Morgan fingerprint density at radius 2 is 1.83 bits per heavy atom. The van der Waals surface area contributed by atoms with Crippen LogP contribution in [0, 0.1) is 11.3 Å². The highest BCUT2D eigenvalue weighted by molar-refractivity contribution is 6.35. The molecule has 2 aromatic rings. The molecule has 0 saturated carbocycles. The fourth-order valence-electron chi connectivity index (χ4n) is 1.85. The summed E-state index contributed by atoms with van der Waals surface area (Å²) in [5.74, 6) is -0.867. The molecule has 6 heteroatoms. The van der Waals surface area contributed by atoms with Gasteiger partial charge in [-0.3, -0.25) is 0 Å². The molecule has 0 radical (unpaired) electrons. The van der Waals surface area contributed by atoms with E-state index in [4.69, 9.17) is 38.3 Å². The van der Waals surface area contributed by atoms with Crippen molar-refractivity contribution in [1.82, 2.24) is 0 Å². The maximum absolute atomic E-state index is 10.9. The van der Waals surface area contributed by atoms with Gasteiger partial charge < -0.3 is 9.84 Å². The van der Waals surface area contributed by atoms with Gasteiger partial charge in [-0.1, -0.05) is 47.5 Å². The molecule has 4 nitrogen and oxygen atoms in total. The van der Waals surface area contributed by atoms with E-state index < -0.39 is 5.97 Å². The molecular weight excluding hydrogens is 337 g/mol. The van der Waals surface area contributed by atoms with Gasteiger partial charge in [0.05, 0.1) is 0 Å². The van der Waals surface area contributed by atoms with E-state index >= 15 is 0 Å². The van der Waals surface area contributed by atoms with E-state index in [1.807, 2.05) is 0 Å². The number of nitriles is 1. The van der Waals surface area contributed by atoms with Gasteiger partial charge in [-0.25, -0.2) is 4.79 Å². The highest BCUT2D eigenvalue weighted by Crippen LogP contribution is 2.27. The Kier molecular flexibility index (Phi) is 5.64. The third-order valence-electron chi connectivity index (χ3n) is 3.00. The summed E-state index contributed by atoms with van der Waals surface area (Å²) in [6.45, 7) is 0.123. The Balaban J connectivity index is 2.29. The molecule has 2 rings (SSSR count). The first kappa shape index (κ1) is 16.9. The van der Waals surface area contributed by atoms with Crippen molar-refractivity contribution < 1.29 is 14.6 Å². The average molecular weight is 348 g/mol. The quantitative estimate of drug-likeness (QED) is 0.635. The smallest absolute Gasteiger partial charge is 0.346 e. The number of aliphatic carboxylic acids is 1. The van der Waals surface area contributed by atoms with Gasteiger partial charge in [0.2, 0.25) is 0 Å². The topological polar surface area (TPSA) is 70.3 Å². The Morgan fingerprint density at radius 1 is 1.17 bits per heavy atom. The first-order chi connectivity index (χ1) is 11.0. The van der Waals surface area contributed by atoms with Crippen LogP contribution >= 0.6 is 23.2 Å². The van der Waals surface area contributed by atoms with Crippen molar-refractivity contribution in [1.29, 1.82) is 5.26 Å². The molecule has 0 spiro atoms. The van der Waals surface area contributed by atoms with E-state index in [2.05, 4.69) is 0 Å². The van der Waals surface area contributed by atoms with Crippen LogP contribution < -0.4 is 4.74 Å². The summed E-state index contributed by atoms with van der Waals surface area (Å²) in [6.07, 6.45) is 1.26. The van der Waals surface area contributed by atoms with Gasteiger partial charge in [0.15, 0.2) is 0 Å². The molecule has 0 bridgehead atoms. The minimum absolute atomic E-state index is 0.123. The third-order valence-corrected chi connectivity index (χ3v) is 3.71. The molecule has 0 heterocycles. The predicted molar refractivity (Wildman–Crippen MR) is 88.5 cm³/mol. The summed E-state index contributed by atoms with van der Waals surface area (Å²) in [7, 11) is 0. The molecule has 0 saturated heterocycles. The minimum Gasteiger partial charge on any atom is -0.488 e. The van der Waals surface area contributed by atoms with Gasteiger partial charge in [0.25, 0.3) is 0 Å². The SMILES string of the molecule is N#CC(=Cc1ccccc1OCc1c(Cl)cccc1Cl)C(=O)O. The number of benzene rings is 2. The lowest BCUT2D eigenvalue weighted by Crippen LogP contribution is -2.00. The number of para-hydroxylation sites is 1. The second kappa shape index (κ2) is 7.68. The largest absolute Gasteiger partial charge is 0.488 e. The number of rotatable bonds is 5. The molecule has 2 aromatic carbocycles. The number of halogens is 2. The molecular formula is C17H11Cl2NO3. The van der Waals surface area contributed by atoms with Gasteiger partial charge in [-0.2, -0.15) is 5.26 Å². The van der Waals surface area contributed by atoms with Crippen LogP contribution in [0.2, 0.25) is 10.0 Å². The first-order valence-corrected chi connectivity index (χ1v) is 7.28. The number of hydrogen-bond acceptors (Lipinski definition) is 3. The maximum Gasteiger partial charge on any atom is 0.346 e. The Labute approximate surface area is 143 Å². The summed E-state index contributed by atoms with van der Waals surface area (Å²) in [5.41, 5.74) is 0.736. The Bertz CT molecular complexity index is 789. The number of carbonyl (C=O) groups is 1. The van der Waals surface area contributed by atoms with Crippen LogP contribution in [0.3, 0.4) is 0 Å². The maximum atomic E-state index is 10.9. The van der Waals surface area contributed by atoms with Crippen LogP contribution in [0.4, 0.5) is 0 Å². The van der Waals surface area contributed by atoms with Gasteiger partial charge in [0, 0.05) is 21.2 Å². The number of ether oxygens (including phenoxy) is 1. The summed E-state index contributed by atoms with van der Waals surface area (Å²) in [6, 6.07) is 13.6. The van der Waals surface area contributed by atoms with Crippen molar-refractivity contribution in [3.05, 3.63) is 69.2 Å². The van der Waals surface area contributed by atoms with Crippen LogP contribution in [0.5, 0.6) is 5.75 Å². The summed E-state index contributed by atoms with van der Waals surface area (Å²) >= 11 is 12.2. The highest BCUT2D eigenvalue weighted by Gasteiger charge is 2.10. The van der Waals surface area contributed by atoms with Crippen molar-refractivity contribution in [2.75, 3.05) is 0 Å². The summed E-state index contributed by atoms with van der Waals surface area (Å²) in [5, 5.41) is 18.8. The van der Waals surface area contributed by atoms with Crippen molar-refractivity contribution in [3.8, 4) is 11.8 Å².